The fourth-order valence-electron chi connectivity index (χ4n) is 1.58. The summed E-state index contributed by atoms with van der Waals surface area (Å²) in [5.41, 5.74) is 8.07. The van der Waals surface area contributed by atoms with Gasteiger partial charge in [0.05, 0.1) is 0 Å². The van der Waals surface area contributed by atoms with Crippen LogP contribution in [0.1, 0.15) is 12.5 Å². The Bertz CT molecular complexity index is 432. The molecule has 0 spiro atoms. The lowest BCUT2D eigenvalue weighted by Crippen LogP contribution is -1.87. The second-order valence-corrected chi connectivity index (χ2v) is 3.26. The third-order valence-electron chi connectivity index (χ3n) is 2.39. The van der Waals surface area contributed by atoms with E-state index < -0.39 is 0 Å². The zero-order valence-electron chi connectivity index (χ0n) is 7.75. The Labute approximate surface area is 78.2 Å². The van der Waals surface area contributed by atoms with Crippen molar-refractivity contribution in [2.45, 2.75) is 13.3 Å². The molecule has 0 saturated carbocycles. The summed E-state index contributed by atoms with van der Waals surface area (Å²) in [4.78, 5) is 0. The van der Waals surface area contributed by atoms with E-state index >= 15 is 0 Å². The molecule has 0 heterocycles. The van der Waals surface area contributed by atoms with Crippen molar-refractivity contribution in [1.82, 2.24) is 0 Å². The van der Waals surface area contributed by atoms with Gasteiger partial charge in [0.1, 0.15) is 0 Å². The summed E-state index contributed by atoms with van der Waals surface area (Å²) in [5, 5.41) is 2.39. The Kier molecular flexibility index (Phi) is 1.93. The number of anilines is 1. The van der Waals surface area contributed by atoms with Gasteiger partial charge in [0.15, 0.2) is 0 Å². The molecule has 0 fully saturated rings. The largest absolute Gasteiger partial charge is 0.398 e. The first kappa shape index (κ1) is 8.11. The summed E-state index contributed by atoms with van der Waals surface area (Å²) < 4.78 is 0. The molecular formula is C12H13N. The molecule has 0 saturated heterocycles. The van der Waals surface area contributed by atoms with Crippen LogP contribution in [0.5, 0.6) is 0 Å². The molecule has 0 aromatic heterocycles. The first-order chi connectivity index (χ1) is 6.31. The van der Waals surface area contributed by atoms with Crippen molar-refractivity contribution in [2.75, 3.05) is 5.73 Å². The minimum absolute atomic E-state index is 0.861. The number of aryl methyl sites for hydroxylation is 1. The first-order valence-corrected chi connectivity index (χ1v) is 4.58. The standard InChI is InChI=1S/C12H13N/c1-2-9-6-7-11-10(8-9)4-3-5-12(11)13/h3-8H,2,13H2,1H3. The molecule has 2 N–H and O–H groups in total. The van der Waals surface area contributed by atoms with Gasteiger partial charge in [0, 0.05) is 11.1 Å². The van der Waals surface area contributed by atoms with Crippen molar-refractivity contribution in [1.29, 1.82) is 0 Å². The number of benzene rings is 2. The average molecular weight is 171 g/mol. The van der Waals surface area contributed by atoms with E-state index in [1.165, 1.54) is 10.9 Å². The van der Waals surface area contributed by atoms with Gasteiger partial charge in [-0.05, 0) is 23.4 Å². The van der Waals surface area contributed by atoms with Crippen molar-refractivity contribution in [3.63, 3.8) is 0 Å². The van der Waals surface area contributed by atoms with E-state index in [1.54, 1.807) is 0 Å². The lowest BCUT2D eigenvalue weighted by Gasteiger charge is -2.03. The highest BCUT2D eigenvalue weighted by Gasteiger charge is 1.97. The molecular weight excluding hydrogens is 158 g/mol. The number of rotatable bonds is 1. The third-order valence-corrected chi connectivity index (χ3v) is 2.39. The molecule has 0 aliphatic carbocycles. The predicted octanol–water partition coefficient (Wildman–Crippen LogP) is 2.98. The molecule has 0 radical (unpaired) electrons. The number of hydrogen-bond acceptors (Lipinski definition) is 1. The van der Waals surface area contributed by atoms with Crippen molar-refractivity contribution in [3.05, 3.63) is 42.0 Å². The summed E-state index contributed by atoms with van der Waals surface area (Å²) in [6.45, 7) is 2.16. The molecule has 13 heavy (non-hydrogen) atoms. The van der Waals surface area contributed by atoms with Crippen molar-refractivity contribution >= 4 is 16.5 Å². The zero-order valence-corrected chi connectivity index (χ0v) is 7.75. The summed E-state index contributed by atoms with van der Waals surface area (Å²) in [6.07, 6.45) is 1.07. The topological polar surface area (TPSA) is 26.0 Å². The minimum atomic E-state index is 0.861. The quantitative estimate of drug-likeness (QED) is 0.656. The second-order valence-electron chi connectivity index (χ2n) is 3.26. The van der Waals surface area contributed by atoms with Crippen molar-refractivity contribution in [3.8, 4) is 0 Å². The Morgan fingerprint density at radius 2 is 2.00 bits per heavy atom. The van der Waals surface area contributed by atoms with Gasteiger partial charge in [-0.2, -0.15) is 0 Å². The lowest BCUT2D eigenvalue weighted by atomic mass is 10.0. The summed E-state index contributed by atoms with van der Waals surface area (Å²) >= 11 is 0. The molecule has 0 bridgehead atoms. The Morgan fingerprint density at radius 3 is 2.77 bits per heavy atom. The van der Waals surface area contributed by atoms with Crippen LogP contribution < -0.4 is 5.73 Å². The number of nitrogens with two attached hydrogens (primary N) is 1. The van der Waals surface area contributed by atoms with E-state index in [2.05, 4.69) is 31.2 Å². The van der Waals surface area contributed by atoms with Crippen LogP contribution in [0.4, 0.5) is 5.69 Å². The van der Waals surface area contributed by atoms with E-state index in [4.69, 9.17) is 5.73 Å². The van der Waals surface area contributed by atoms with Gasteiger partial charge in [-0.25, -0.2) is 0 Å². The first-order valence-electron chi connectivity index (χ1n) is 4.58. The maximum atomic E-state index is 5.85. The highest BCUT2D eigenvalue weighted by molar-refractivity contribution is 5.93. The lowest BCUT2D eigenvalue weighted by molar-refractivity contribution is 1.15. The Morgan fingerprint density at radius 1 is 1.15 bits per heavy atom. The van der Waals surface area contributed by atoms with Gasteiger partial charge in [-0.3, -0.25) is 0 Å². The summed E-state index contributed by atoms with van der Waals surface area (Å²) in [5.74, 6) is 0. The average Bonchev–Trinajstić information content (AvgIpc) is 2.18. The molecule has 1 nitrogen and oxygen atoms in total. The molecule has 0 atom stereocenters. The van der Waals surface area contributed by atoms with Gasteiger partial charge in [0.2, 0.25) is 0 Å². The number of fused-ring (bicyclic) bond motifs is 1. The molecule has 2 rings (SSSR count). The number of hydrogen-bond donors (Lipinski definition) is 1. The molecule has 66 valence electrons. The van der Waals surface area contributed by atoms with E-state index in [0.717, 1.165) is 17.5 Å². The monoisotopic (exact) mass is 171 g/mol. The smallest absolute Gasteiger partial charge is 0.0393 e. The third kappa shape index (κ3) is 1.37. The van der Waals surface area contributed by atoms with E-state index in [0.29, 0.717) is 0 Å². The Balaban J connectivity index is 2.72. The molecule has 2 aromatic rings. The van der Waals surface area contributed by atoms with Gasteiger partial charge in [-0.15, -0.1) is 0 Å². The van der Waals surface area contributed by atoms with Crippen LogP contribution in [-0.2, 0) is 6.42 Å². The molecule has 0 unspecified atom stereocenters. The van der Waals surface area contributed by atoms with Crippen LogP contribution in [-0.4, -0.2) is 0 Å². The molecule has 0 aliphatic heterocycles. The maximum absolute atomic E-state index is 5.85. The van der Waals surface area contributed by atoms with Crippen LogP contribution in [0.3, 0.4) is 0 Å². The van der Waals surface area contributed by atoms with Gasteiger partial charge >= 0.3 is 0 Å². The molecule has 0 amide bonds. The van der Waals surface area contributed by atoms with Gasteiger partial charge in [0.25, 0.3) is 0 Å². The second kappa shape index (κ2) is 3.09. The molecule has 2 aromatic carbocycles. The fraction of sp³-hybridized carbons (Fsp3) is 0.167. The van der Waals surface area contributed by atoms with Crippen LogP contribution in [0.2, 0.25) is 0 Å². The van der Waals surface area contributed by atoms with Gasteiger partial charge in [-0.1, -0.05) is 37.3 Å². The SMILES string of the molecule is CCc1ccc2c(N)cccc2c1. The van der Waals surface area contributed by atoms with Crippen LogP contribution in [0, 0.1) is 0 Å². The van der Waals surface area contributed by atoms with Crippen molar-refractivity contribution in [2.24, 2.45) is 0 Å². The van der Waals surface area contributed by atoms with Crippen LogP contribution in [0.25, 0.3) is 10.8 Å². The van der Waals surface area contributed by atoms with Crippen molar-refractivity contribution < 1.29 is 0 Å². The minimum Gasteiger partial charge on any atom is -0.398 e. The van der Waals surface area contributed by atoms with E-state index in [9.17, 15) is 0 Å². The molecule has 1 heteroatoms. The maximum Gasteiger partial charge on any atom is 0.0393 e. The number of nitrogen functional groups attached to an aromatic ring is 1. The molecule has 0 aliphatic rings. The Hall–Kier alpha value is -1.50. The van der Waals surface area contributed by atoms with Crippen LogP contribution >= 0.6 is 0 Å². The van der Waals surface area contributed by atoms with Crippen LogP contribution in [0.15, 0.2) is 36.4 Å². The predicted molar refractivity (Wildman–Crippen MR) is 57.7 cm³/mol. The van der Waals surface area contributed by atoms with E-state index in [1.807, 2.05) is 12.1 Å². The normalized spacial score (nSPS) is 10.5. The summed E-state index contributed by atoms with van der Waals surface area (Å²) in [7, 11) is 0. The van der Waals surface area contributed by atoms with Gasteiger partial charge < -0.3 is 5.73 Å². The fourth-order valence-corrected chi connectivity index (χ4v) is 1.58. The zero-order chi connectivity index (χ0) is 9.26. The highest BCUT2D eigenvalue weighted by atomic mass is 14.5. The highest BCUT2D eigenvalue weighted by Crippen LogP contribution is 2.21. The van der Waals surface area contributed by atoms with E-state index in [-0.39, 0.29) is 0 Å². The summed E-state index contributed by atoms with van der Waals surface area (Å²) in [6, 6.07) is 12.5.